The Morgan fingerprint density at radius 2 is 1.62 bits per heavy atom. The van der Waals surface area contributed by atoms with Crippen molar-refractivity contribution < 1.29 is 15.0 Å². The number of hydrogen-bond donors (Lipinski definition) is 2. The molecule has 0 radical (unpaired) electrons. The van der Waals surface area contributed by atoms with Gasteiger partial charge in [0.1, 0.15) is 0 Å². The van der Waals surface area contributed by atoms with Gasteiger partial charge in [0.15, 0.2) is 5.78 Å². The zero-order valence-corrected chi connectivity index (χ0v) is 28.2. The van der Waals surface area contributed by atoms with Gasteiger partial charge in [-0.2, -0.15) is 0 Å². The standard InChI is InChI=1S/C40H51NO3S/c1-27-9-10-32(45-27)35(43)31-25-38-19-20-40(31)33(36(38,2)16-11-30(42)24-38)12-17-37(3)34(40)13-18-39(37,44)26-41-21-14-29(15-22-41)23-28-7-5-4-6-8-28/h4-10,19-20,25,29-30,33-34,42,44H,11-18,21-24,26H2,1-3H3/t30?,33-,34-,36-,37+,38+,39-,40-/m1/s1. The van der Waals surface area contributed by atoms with E-state index in [9.17, 15) is 15.0 Å². The number of likely N-dealkylation sites (tertiary alicyclic amines) is 1. The fraction of sp³-hybridized carbons (Fsp3) is 0.625. The number of allylic oxidation sites excluding steroid dienone is 4. The van der Waals surface area contributed by atoms with Crippen molar-refractivity contribution in [3.05, 3.63) is 81.6 Å². The summed E-state index contributed by atoms with van der Waals surface area (Å²) in [4.78, 5) is 19.2. The van der Waals surface area contributed by atoms with Crippen molar-refractivity contribution in [3.63, 3.8) is 0 Å². The average Bonchev–Trinajstić information content (AvgIpc) is 3.58. The molecule has 4 nitrogen and oxygen atoms in total. The number of β-amino-alcohol motifs (C(OH)–C–C–N with tert-alkyl or cyclic N) is 1. The summed E-state index contributed by atoms with van der Waals surface area (Å²) in [7, 11) is 0. The van der Waals surface area contributed by atoms with Crippen molar-refractivity contribution in [2.75, 3.05) is 19.6 Å². The number of Topliss-reactive ketones (excluding diaryl/α,β-unsaturated/α-hetero) is 1. The van der Waals surface area contributed by atoms with E-state index in [1.54, 1.807) is 11.3 Å². The van der Waals surface area contributed by atoms with E-state index in [-0.39, 0.29) is 39.5 Å². The van der Waals surface area contributed by atoms with Crippen molar-refractivity contribution in [1.82, 2.24) is 4.90 Å². The van der Waals surface area contributed by atoms with Crippen LogP contribution >= 0.6 is 11.3 Å². The minimum absolute atomic E-state index is 0.0127. The van der Waals surface area contributed by atoms with Gasteiger partial charge in [0.05, 0.1) is 16.6 Å². The summed E-state index contributed by atoms with van der Waals surface area (Å²) in [6, 6.07) is 15.0. The van der Waals surface area contributed by atoms with Crippen LogP contribution in [0, 0.1) is 46.3 Å². The lowest BCUT2D eigenvalue weighted by Crippen LogP contribution is -2.67. The number of rotatable bonds is 6. The number of piperidine rings is 1. The summed E-state index contributed by atoms with van der Waals surface area (Å²) < 4.78 is 0. The largest absolute Gasteiger partial charge is 0.393 e. The van der Waals surface area contributed by atoms with Gasteiger partial charge in [0.2, 0.25) is 0 Å². The van der Waals surface area contributed by atoms with Crippen LogP contribution in [0.3, 0.4) is 0 Å². The molecule has 2 bridgehead atoms. The Bertz CT molecular complexity index is 1540. The SMILES string of the molecule is Cc1ccc(C(=O)C2=C[C@@]34C=C[C@@]25[C@@H]2CC[C@@](O)(CN6CCC(Cc7ccccc7)CC6)[C@@]2(C)CC[C@@H]5[C@@]3(C)CCC(O)C4)s1. The molecular formula is C40H51NO3S. The van der Waals surface area contributed by atoms with Crippen LogP contribution in [0.25, 0.3) is 0 Å². The first-order chi connectivity index (χ1) is 21.5. The Morgan fingerprint density at radius 3 is 2.36 bits per heavy atom. The monoisotopic (exact) mass is 625 g/mol. The molecular weight excluding hydrogens is 575 g/mol. The fourth-order valence-electron chi connectivity index (χ4n) is 12.0. The molecule has 2 spiro atoms. The molecule has 1 aromatic carbocycles. The van der Waals surface area contributed by atoms with Gasteiger partial charge in [-0.1, -0.05) is 62.4 Å². The van der Waals surface area contributed by atoms with E-state index in [4.69, 9.17) is 0 Å². The lowest BCUT2D eigenvalue weighted by atomic mass is 9.32. The number of hydrogen-bond acceptors (Lipinski definition) is 5. The van der Waals surface area contributed by atoms with Gasteiger partial charge in [0.25, 0.3) is 0 Å². The van der Waals surface area contributed by atoms with Crippen LogP contribution in [0.4, 0.5) is 0 Å². The van der Waals surface area contributed by atoms with Crippen LogP contribution in [0.1, 0.15) is 91.7 Å². The highest BCUT2D eigenvalue weighted by Gasteiger charge is 2.74. The maximum Gasteiger partial charge on any atom is 0.199 e. The third kappa shape index (κ3) is 4.29. The Morgan fingerprint density at radius 1 is 0.911 bits per heavy atom. The molecule has 1 aromatic heterocycles. The van der Waals surface area contributed by atoms with E-state index in [1.807, 2.05) is 6.07 Å². The van der Waals surface area contributed by atoms with Gasteiger partial charge in [-0.3, -0.25) is 4.79 Å². The molecule has 0 amide bonds. The summed E-state index contributed by atoms with van der Waals surface area (Å²) in [5.74, 6) is 1.47. The Kier molecular flexibility index (Phi) is 7.05. The normalized spacial score (nSPS) is 42.6. The molecule has 8 atom stereocenters. The first-order valence-electron chi connectivity index (χ1n) is 17.7. The highest BCUT2D eigenvalue weighted by Crippen LogP contribution is 2.78. The lowest BCUT2D eigenvalue weighted by Gasteiger charge is -2.71. The molecule has 9 rings (SSSR count). The van der Waals surface area contributed by atoms with Crippen molar-refractivity contribution in [2.24, 2.45) is 39.4 Å². The van der Waals surface area contributed by atoms with Gasteiger partial charge in [-0.25, -0.2) is 0 Å². The molecule has 4 fully saturated rings. The van der Waals surface area contributed by atoms with Crippen LogP contribution in [0.15, 0.2) is 66.3 Å². The van der Waals surface area contributed by atoms with Crippen LogP contribution in [0.5, 0.6) is 0 Å². The second-order valence-corrected chi connectivity index (χ2v) is 17.7. The molecule has 3 saturated carbocycles. The Labute approximate surface area is 273 Å². The van der Waals surface area contributed by atoms with Crippen LogP contribution in [-0.2, 0) is 6.42 Å². The Hall–Kier alpha value is -2.05. The highest BCUT2D eigenvalue weighted by molar-refractivity contribution is 7.14. The number of thiophene rings is 1. The molecule has 1 unspecified atom stereocenters. The second kappa shape index (κ2) is 10.5. The third-order valence-electron chi connectivity index (χ3n) is 14.5. The average molecular weight is 626 g/mol. The van der Waals surface area contributed by atoms with E-state index >= 15 is 0 Å². The van der Waals surface area contributed by atoms with Crippen LogP contribution in [0.2, 0.25) is 0 Å². The van der Waals surface area contributed by atoms with Crippen molar-refractivity contribution >= 4 is 17.1 Å². The summed E-state index contributed by atoms with van der Waals surface area (Å²) in [6.45, 7) is 9.78. The molecule has 1 saturated heterocycles. The maximum absolute atomic E-state index is 14.6. The van der Waals surface area contributed by atoms with Crippen molar-refractivity contribution in [1.29, 1.82) is 0 Å². The van der Waals surface area contributed by atoms with E-state index in [1.165, 1.54) is 18.4 Å². The summed E-state index contributed by atoms with van der Waals surface area (Å²) >= 11 is 1.61. The summed E-state index contributed by atoms with van der Waals surface area (Å²) in [5, 5.41) is 23.7. The maximum atomic E-state index is 14.6. The van der Waals surface area contributed by atoms with Gasteiger partial charge >= 0.3 is 0 Å². The number of aliphatic hydroxyl groups is 2. The van der Waals surface area contributed by atoms with Crippen molar-refractivity contribution in [3.8, 4) is 0 Å². The molecule has 7 aliphatic rings. The molecule has 2 heterocycles. The molecule has 2 aromatic rings. The van der Waals surface area contributed by atoms with Gasteiger partial charge in [0, 0.05) is 33.2 Å². The zero-order chi connectivity index (χ0) is 31.2. The fourth-order valence-corrected chi connectivity index (χ4v) is 12.8. The number of benzene rings is 1. The van der Waals surface area contributed by atoms with Crippen LogP contribution in [-0.4, -0.2) is 52.2 Å². The van der Waals surface area contributed by atoms with Gasteiger partial charge < -0.3 is 15.1 Å². The van der Waals surface area contributed by atoms with Crippen LogP contribution < -0.4 is 0 Å². The minimum atomic E-state index is -0.763. The quantitative estimate of drug-likeness (QED) is 0.254. The molecule has 6 aliphatic carbocycles. The molecule has 5 heteroatoms. The number of carbonyl (C=O) groups excluding carboxylic acids is 1. The van der Waals surface area contributed by atoms with E-state index in [0.29, 0.717) is 18.3 Å². The molecule has 240 valence electrons. The topological polar surface area (TPSA) is 60.8 Å². The molecule has 45 heavy (non-hydrogen) atoms. The Balaban J connectivity index is 1.11. The lowest BCUT2D eigenvalue weighted by molar-refractivity contribution is -0.176. The zero-order valence-electron chi connectivity index (χ0n) is 27.4. The summed E-state index contributed by atoms with van der Waals surface area (Å²) in [5.41, 5.74) is 0.757. The molecule has 2 N–H and O–H groups in total. The van der Waals surface area contributed by atoms with E-state index in [2.05, 4.69) is 80.3 Å². The van der Waals surface area contributed by atoms with E-state index in [0.717, 1.165) is 79.9 Å². The number of ketones is 1. The summed E-state index contributed by atoms with van der Waals surface area (Å²) in [6.07, 6.45) is 16.8. The first-order valence-corrected chi connectivity index (χ1v) is 18.6. The third-order valence-corrected chi connectivity index (χ3v) is 15.5. The highest BCUT2D eigenvalue weighted by atomic mass is 32.1. The smallest absolute Gasteiger partial charge is 0.199 e. The minimum Gasteiger partial charge on any atom is -0.393 e. The second-order valence-electron chi connectivity index (χ2n) is 16.5. The van der Waals surface area contributed by atoms with E-state index < -0.39 is 5.60 Å². The number of carbonyl (C=O) groups is 1. The first kappa shape index (κ1) is 30.3. The van der Waals surface area contributed by atoms with Gasteiger partial charge in [-0.15, -0.1) is 11.3 Å². The number of aryl methyl sites for hydroxylation is 1. The van der Waals surface area contributed by atoms with Gasteiger partial charge in [-0.05, 0) is 125 Å². The number of nitrogens with zero attached hydrogens (tertiary/aromatic N) is 1. The predicted molar refractivity (Wildman–Crippen MR) is 181 cm³/mol. The number of fused-ring (bicyclic) bond motifs is 1. The predicted octanol–water partition coefficient (Wildman–Crippen LogP) is 7.79. The number of aliphatic hydroxyl groups excluding tert-OH is 1. The van der Waals surface area contributed by atoms with Crippen molar-refractivity contribution in [2.45, 2.75) is 96.7 Å². The molecule has 1 aliphatic heterocycles.